The second-order valence-corrected chi connectivity index (χ2v) is 5.67. The molecule has 1 aliphatic carbocycles. The average Bonchev–Trinajstić information content (AvgIpc) is 2.46. The van der Waals surface area contributed by atoms with Crippen LogP contribution in [0.1, 0.15) is 11.1 Å². The van der Waals surface area contributed by atoms with E-state index in [9.17, 15) is 0 Å². The maximum Gasteiger partial charge on any atom is 0.502 e. The molecule has 0 radical (unpaired) electrons. The molecule has 0 nitrogen and oxygen atoms in total. The number of allylic oxidation sites excluding steroid dienone is 1. The van der Waals surface area contributed by atoms with Gasteiger partial charge in [0.1, 0.15) is 0 Å². The van der Waals surface area contributed by atoms with Crippen molar-refractivity contribution < 1.29 is 0 Å². The van der Waals surface area contributed by atoms with Gasteiger partial charge in [-0.05, 0) is 17.5 Å². The van der Waals surface area contributed by atoms with E-state index >= 15 is 0 Å². The predicted octanol–water partition coefficient (Wildman–Crippen LogP) is 2.60. The third kappa shape index (κ3) is 1.53. The molecule has 0 heterocycles. The van der Waals surface area contributed by atoms with Crippen molar-refractivity contribution in [3.8, 4) is 0 Å². The van der Waals surface area contributed by atoms with E-state index in [1.165, 1.54) is 17.5 Å². The predicted molar refractivity (Wildman–Crippen MR) is 52.8 cm³/mol. The summed E-state index contributed by atoms with van der Waals surface area (Å²) in [5.74, 6) is 0. The zero-order valence-corrected chi connectivity index (χ0v) is 9.18. The first-order valence-corrected chi connectivity index (χ1v) is 8.34. The third-order valence-electron chi connectivity index (χ3n) is 2.00. The highest BCUT2D eigenvalue weighted by atomic mass is 79.9. The molecule has 0 atom stereocenters. The molecule has 0 N–H and O–H groups in total. The van der Waals surface area contributed by atoms with Gasteiger partial charge in [-0.15, -0.1) is 0 Å². The molecule has 0 unspecified atom stereocenters. The third-order valence-corrected chi connectivity index (χ3v) is 4.96. The van der Waals surface area contributed by atoms with E-state index in [0.717, 1.165) is 0 Å². The van der Waals surface area contributed by atoms with Gasteiger partial charge < -0.3 is 0 Å². The lowest BCUT2D eigenvalue weighted by Crippen LogP contribution is -1.86. The molecule has 0 aromatic heterocycles. The van der Waals surface area contributed by atoms with E-state index in [2.05, 4.69) is 43.2 Å². The summed E-state index contributed by atoms with van der Waals surface area (Å²) in [6, 6.07) is 8.63. The van der Waals surface area contributed by atoms with Crippen molar-refractivity contribution in [3.63, 3.8) is 0 Å². The second-order valence-electron chi connectivity index (χ2n) is 2.81. The molecule has 2 rings (SSSR count). The zero-order valence-electron chi connectivity index (χ0n) is 6.18. The lowest BCUT2D eigenvalue weighted by atomic mass is 10.1. The smallest absolute Gasteiger partial charge is 0.297 e. The first kappa shape index (κ1) is 7.83. The maximum atomic E-state index is 3.61. The summed E-state index contributed by atoms with van der Waals surface area (Å²) in [5, 5.41) is 0. The zero-order chi connectivity index (χ0) is 7.68. The van der Waals surface area contributed by atoms with Gasteiger partial charge in [-0.1, -0.05) is 30.3 Å². The lowest BCUT2D eigenvalue weighted by molar-refractivity contribution is 1.29. The quantitative estimate of drug-likeness (QED) is 0.637. The summed E-state index contributed by atoms with van der Waals surface area (Å²) >= 11 is 3.51. The summed E-state index contributed by atoms with van der Waals surface area (Å²) in [6.45, 7) is 0. The summed E-state index contributed by atoms with van der Waals surface area (Å²) < 4.78 is 1.62. The van der Waals surface area contributed by atoms with Crippen molar-refractivity contribution in [1.29, 1.82) is 0 Å². The van der Waals surface area contributed by atoms with Crippen LogP contribution in [0.4, 0.5) is 0 Å². The van der Waals surface area contributed by atoms with Crippen LogP contribution in [0.5, 0.6) is 0 Å². The van der Waals surface area contributed by atoms with Crippen molar-refractivity contribution in [3.05, 3.63) is 39.1 Å². The highest BCUT2D eigenvalue weighted by Crippen LogP contribution is 2.24. The molecule has 0 saturated carbocycles. The van der Waals surface area contributed by atoms with E-state index in [4.69, 9.17) is 0 Å². The van der Waals surface area contributed by atoms with Crippen LogP contribution in [0.2, 0.25) is 0 Å². The summed E-state index contributed by atoms with van der Waals surface area (Å²) in [4.78, 5) is 0. The minimum Gasteiger partial charge on any atom is -0.297 e. The van der Waals surface area contributed by atoms with Gasteiger partial charge in [0, 0.05) is 0 Å². The topological polar surface area (TPSA) is 0 Å². The van der Waals surface area contributed by atoms with Gasteiger partial charge in [0.15, 0.2) is 0 Å². The average molecular weight is 219 g/mol. The van der Waals surface area contributed by atoms with Crippen LogP contribution in [0.25, 0.3) is 6.08 Å². The largest absolute Gasteiger partial charge is 0.502 e. The van der Waals surface area contributed by atoms with Crippen LogP contribution in [-0.2, 0) is 6.42 Å². The minimum atomic E-state index is -0.0999. The van der Waals surface area contributed by atoms with Crippen molar-refractivity contribution >= 4 is 37.2 Å². The van der Waals surface area contributed by atoms with E-state index in [1.54, 1.807) is 3.70 Å². The summed E-state index contributed by atoms with van der Waals surface area (Å²) in [7, 11) is 0. The highest BCUT2D eigenvalue weighted by molar-refractivity contribution is 9.23. The Morgan fingerprint density at radius 1 is 1.27 bits per heavy atom. The summed E-state index contributed by atoms with van der Waals surface area (Å²) in [6.07, 6.45) is 3.52. The fourth-order valence-electron chi connectivity index (χ4n) is 1.44. The van der Waals surface area contributed by atoms with Gasteiger partial charge in [-0.3, -0.25) is 12.9 Å². The molecule has 2 heteroatoms. The molecule has 0 bridgehead atoms. The van der Waals surface area contributed by atoms with Crippen molar-refractivity contribution in [2.75, 3.05) is 0 Å². The van der Waals surface area contributed by atoms with E-state index < -0.39 is 0 Å². The van der Waals surface area contributed by atoms with Gasteiger partial charge in [0.2, 0.25) is 0 Å². The Morgan fingerprint density at radius 3 is 2.82 bits per heavy atom. The van der Waals surface area contributed by atoms with E-state index in [1.807, 2.05) is 0 Å². The standard InChI is InChI=1S/C9H7.BrH.Mg/c1-2-5-9-7-3-6-8(9)4-1;;/h1-2,4-6H,7H2;1H;/q;;+1/p-1. The molecule has 0 amide bonds. The Morgan fingerprint density at radius 2 is 2.09 bits per heavy atom. The molecule has 0 fully saturated rings. The Bertz CT molecular complexity index is 304. The molecule has 0 saturated heterocycles. The Kier molecular flexibility index (Phi) is 2.35. The van der Waals surface area contributed by atoms with Crippen LogP contribution in [0.3, 0.4) is 0 Å². The fraction of sp³-hybridized carbons (Fsp3) is 0.111. The molecule has 1 aromatic carbocycles. The molecule has 0 spiro atoms. The van der Waals surface area contributed by atoms with Crippen LogP contribution < -0.4 is 0 Å². The van der Waals surface area contributed by atoms with Crippen LogP contribution in [-0.4, -0.2) is 18.2 Å². The molecular formula is C9H7BrMg. The first-order valence-electron chi connectivity index (χ1n) is 3.73. The molecule has 0 aliphatic heterocycles. The lowest BCUT2D eigenvalue weighted by Gasteiger charge is -1.95. The Balaban J connectivity index is 2.39. The van der Waals surface area contributed by atoms with Crippen LogP contribution in [0.15, 0.2) is 28.0 Å². The Labute approximate surface area is 82.3 Å². The number of rotatable bonds is 1. The van der Waals surface area contributed by atoms with Gasteiger partial charge in [-0.2, -0.15) is 3.70 Å². The van der Waals surface area contributed by atoms with E-state index in [-0.39, 0.29) is 18.2 Å². The normalized spacial score (nSPS) is 13.7. The number of benzene rings is 1. The molecule has 52 valence electrons. The monoisotopic (exact) mass is 218 g/mol. The second kappa shape index (κ2) is 3.29. The summed E-state index contributed by atoms with van der Waals surface area (Å²) in [5.41, 5.74) is 2.92. The molecule has 1 aromatic rings. The number of halogens is 1. The number of hydrogen-bond donors (Lipinski definition) is 0. The van der Waals surface area contributed by atoms with Crippen LogP contribution in [0, 0.1) is 0 Å². The van der Waals surface area contributed by atoms with Gasteiger partial charge in [0.05, 0.1) is 0 Å². The minimum absolute atomic E-state index is 0.0999. The fourth-order valence-corrected chi connectivity index (χ4v) is 3.18. The van der Waals surface area contributed by atoms with Crippen LogP contribution >= 0.6 is 12.9 Å². The Hall–Kier alpha value is 0.206. The first-order chi connectivity index (χ1) is 5.40. The maximum absolute atomic E-state index is 3.61. The van der Waals surface area contributed by atoms with Crippen molar-refractivity contribution in [1.82, 2.24) is 0 Å². The number of fused-ring (bicyclic) bond motifs is 1. The molecule has 1 aliphatic rings. The number of hydrogen-bond acceptors (Lipinski definition) is 0. The van der Waals surface area contributed by atoms with Gasteiger partial charge in [-0.25, -0.2) is 0 Å². The SMILES string of the molecule is [Br][Mg][C]1=Cc2ccccc2C1. The molecular weight excluding hydrogens is 212 g/mol. The van der Waals surface area contributed by atoms with Crippen molar-refractivity contribution in [2.24, 2.45) is 0 Å². The van der Waals surface area contributed by atoms with Gasteiger partial charge in [0.25, 0.3) is 0 Å². The van der Waals surface area contributed by atoms with Gasteiger partial charge >= 0.3 is 18.2 Å². The van der Waals surface area contributed by atoms with E-state index in [0.29, 0.717) is 0 Å². The van der Waals surface area contributed by atoms with Crippen molar-refractivity contribution in [2.45, 2.75) is 6.42 Å². The molecule has 11 heavy (non-hydrogen) atoms. The highest BCUT2D eigenvalue weighted by Gasteiger charge is 2.10.